The molecule has 5 rings (SSSR count). The summed E-state index contributed by atoms with van der Waals surface area (Å²) in [5.41, 5.74) is 1.01. The molecule has 1 atom stereocenters. The minimum Gasteiger partial charge on any atom is -0.377 e. The first-order valence-electron chi connectivity index (χ1n) is 11.4. The summed E-state index contributed by atoms with van der Waals surface area (Å²) in [6.07, 6.45) is 2.47. The Kier molecular flexibility index (Phi) is 6.15. The number of nitrogens with zero attached hydrogens (tertiary/aromatic N) is 2. The smallest absolute Gasteiger partial charge is 0.323 e. The molecule has 0 aliphatic carbocycles. The predicted molar refractivity (Wildman–Crippen MR) is 127 cm³/mol. The molecule has 34 heavy (non-hydrogen) atoms. The second kappa shape index (κ2) is 9.24. The minimum atomic E-state index is -3.98. The van der Waals surface area contributed by atoms with E-state index in [4.69, 9.17) is 4.74 Å². The Balaban J connectivity index is 1.30. The van der Waals surface area contributed by atoms with E-state index in [0.717, 1.165) is 39.1 Å². The SMILES string of the molecule is O=C(c1ccccc1NS(=O)(=O)c1ccc2[nH]c(=O)[nH]c2c1)N1CCN(CC2CCCO2)CC1. The van der Waals surface area contributed by atoms with Crippen LogP contribution in [0.5, 0.6) is 0 Å². The lowest BCUT2D eigenvalue weighted by molar-refractivity contribution is 0.0433. The second-order valence-corrected chi connectivity index (χ2v) is 10.3. The third kappa shape index (κ3) is 4.72. The molecule has 2 saturated heterocycles. The van der Waals surface area contributed by atoms with Crippen molar-refractivity contribution >= 4 is 32.7 Å². The molecular formula is C23H27N5O5S. The summed E-state index contributed by atoms with van der Waals surface area (Å²) in [5, 5.41) is 0. The van der Waals surface area contributed by atoms with E-state index in [0.29, 0.717) is 29.7 Å². The highest BCUT2D eigenvalue weighted by molar-refractivity contribution is 7.92. The minimum absolute atomic E-state index is 0.0137. The fourth-order valence-corrected chi connectivity index (χ4v) is 5.63. The molecule has 1 amide bonds. The number of carbonyl (C=O) groups excluding carboxylic acids is 1. The maximum atomic E-state index is 13.3. The van der Waals surface area contributed by atoms with Crippen LogP contribution in [0.15, 0.2) is 52.2 Å². The highest BCUT2D eigenvalue weighted by Gasteiger charge is 2.27. The number of sulfonamides is 1. The number of fused-ring (bicyclic) bond motifs is 1. The summed E-state index contributed by atoms with van der Waals surface area (Å²) >= 11 is 0. The zero-order valence-electron chi connectivity index (χ0n) is 18.6. The number of aromatic nitrogens is 2. The maximum absolute atomic E-state index is 13.3. The zero-order chi connectivity index (χ0) is 23.7. The number of H-pyrrole nitrogens is 2. The van der Waals surface area contributed by atoms with Gasteiger partial charge in [-0.2, -0.15) is 0 Å². The Morgan fingerprint density at radius 2 is 1.82 bits per heavy atom. The second-order valence-electron chi connectivity index (χ2n) is 8.67. The van der Waals surface area contributed by atoms with Crippen molar-refractivity contribution in [3.8, 4) is 0 Å². The topological polar surface area (TPSA) is 128 Å². The number of anilines is 1. The summed E-state index contributed by atoms with van der Waals surface area (Å²) in [7, 11) is -3.98. The molecule has 2 aliphatic heterocycles. The number of hydrogen-bond acceptors (Lipinski definition) is 6. The first-order valence-corrected chi connectivity index (χ1v) is 12.8. The van der Waals surface area contributed by atoms with Gasteiger partial charge in [-0.15, -0.1) is 0 Å². The highest BCUT2D eigenvalue weighted by Crippen LogP contribution is 2.24. The van der Waals surface area contributed by atoms with Crippen LogP contribution in [0, 0.1) is 0 Å². The van der Waals surface area contributed by atoms with Crippen LogP contribution in [0.1, 0.15) is 23.2 Å². The van der Waals surface area contributed by atoms with Crippen LogP contribution in [-0.4, -0.2) is 79.5 Å². The highest BCUT2D eigenvalue weighted by atomic mass is 32.2. The Morgan fingerprint density at radius 1 is 1.06 bits per heavy atom. The van der Waals surface area contributed by atoms with Crippen molar-refractivity contribution < 1.29 is 17.9 Å². The predicted octanol–water partition coefficient (Wildman–Crippen LogP) is 1.59. The van der Waals surface area contributed by atoms with Crippen LogP contribution >= 0.6 is 0 Å². The largest absolute Gasteiger partial charge is 0.377 e. The van der Waals surface area contributed by atoms with Gasteiger partial charge in [-0.3, -0.25) is 14.4 Å². The van der Waals surface area contributed by atoms with Gasteiger partial charge in [-0.25, -0.2) is 13.2 Å². The molecule has 2 aliphatic rings. The van der Waals surface area contributed by atoms with E-state index in [1.165, 1.54) is 18.2 Å². The fourth-order valence-electron chi connectivity index (χ4n) is 4.52. The van der Waals surface area contributed by atoms with E-state index < -0.39 is 15.7 Å². The summed E-state index contributed by atoms with van der Waals surface area (Å²) in [6.45, 7) is 4.37. The number of nitrogens with one attached hydrogen (secondary N) is 3. The molecule has 10 nitrogen and oxygen atoms in total. The van der Waals surface area contributed by atoms with Crippen LogP contribution in [0.2, 0.25) is 0 Å². The van der Waals surface area contributed by atoms with E-state index >= 15 is 0 Å². The van der Waals surface area contributed by atoms with Crippen molar-refractivity contribution in [1.82, 2.24) is 19.8 Å². The lowest BCUT2D eigenvalue weighted by Crippen LogP contribution is -2.50. The van der Waals surface area contributed by atoms with E-state index in [1.54, 1.807) is 29.2 Å². The molecule has 3 heterocycles. The summed E-state index contributed by atoms with van der Waals surface area (Å²) < 4.78 is 34.4. The van der Waals surface area contributed by atoms with Gasteiger partial charge in [0.05, 0.1) is 33.3 Å². The van der Waals surface area contributed by atoms with Gasteiger partial charge in [0.25, 0.3) is 15.9 Å². The average molecular weight is 486 g/mol. The molecule has 1 unspecified atom stereocenters. The molecule has 2 aromatic carbocycles. The first kappa shape index (κ1) is 22.6. The van der Waals surface area contributed by atoms with Crippen molar-refractivity contribution in [1.29, 1.82) is 0 Å². The number of para-hydroxylation sites is 1. The molecule has 2 fully saturated rings. The third-order valence-corrected chi connectivity index (χ3v) is 7.71. The summed E-state index contributed by atoms with van der Waals surface area (Å²) in [4.78, 5) is 34.0. The first-order chi connectivity index (χ1) is 16.4. The van der Waals surface area contributed by atoms with E-state index in [2.05, 4.69) is 19.6 Å². The van der Waals surface area contributed by atoms with Crippen LogP contribution in [0.4, 0.5) is 5.69 Å². The number of hydrogen-bond donors (Lipinski definition) is 3. The lowest BCUT2D eigenvalue weighted by Gasteiger charge is -2.36. The standard InChI is InChI=1S/C23H27N5O5S/c29-22(28-11-9-27(10-12-28)15-16-4-3-13-33-16)18-5-1-2-6-19(18)26-34(31,32)17-7-8-20-21(14-17)25-23(30)24-20/h1-2,5-8,14,16,26H,3-4,9-13,15H2,(H2,24,25,30). The van der Waals surface area contributed by atoms with E-state index in [1.807, 2.05) is 0 Å². The Labute approximate surface area is 197 Å². The molecule has 180 valence electrons. The van der Waals surface area contributed by atoms with Crippen LogP contribution in [0.25, 0.3) is 11.0 Å². The molecule has 0 saturated carbocycles. The molecule has 11 heteroatoms. The van der Waals surface area contributed by atoms with Crippen molar-refractivity contribution in [3.05, 3.63) is 58.5 Å². The molecular weight excluding hydrogens is 458 g/mol. The monoisotopic (exact) mass is 485 g/mol. The van der Waals surface area contributed by atoms with Gasteiger partial charge in [-0.05, 0) is 43.2 Å². The number of rotatable bonds is 6. The third-order valence-electron chi connectivity index (χ3n) is 6.34. The number of amides is 1. The van der Waals surface area contributed by atoms with Crippen LogP contribution < -0.4 is 10.4 Å². The molecule has 0 bridgehead atoms. The van der Waals surface area contributed by atoms with Crippen molar-refractivity contribution in [2.24, 2.45) is 0 Å². The molecule has 0 spiro atoms. The van der Waals surface area contributed by atoms with Crippen molar-refractivity contribution in [3.63, 3.8) is 0 Å². The van der Waals surface area contributed by atoms with E-state index in [9.17, 15) is 18.0 Å². The quantitative estimate of drug-likeness (QED) is 0.487. The van der Waals surface area contributed by atoms with Gasteiger partial charge in [0.2, 0.25) is 0 Å². The van der Waals surface area contributed by atoms with Crippen LogP contribution in [-0.2, 0) is 14.8 Å². The number of benzene rings is 2. The summed E-state index contributed by atoms with van der Waals surface area (Å²) in [6, 6.07) is 10.9. The van der Waals surface area contributed by atoms with Gasteiger partial charge in [0, 0.05) is 39.3 Å². The van der Waals surface area contributed by atoms with Crippen molar-refractivity contribution in [2.45, 2.75) is 23.8 Å². The normalized spacial score (nSPS) is 19.5. The molecule has 3 N–H and O–H groups in total. The van der Waals surface area contributed by atoms with Gasteiger partial charge < -0.3 is 19.6 Å². The molecule has 1 aromatic heterocycles. The molecule has 3 aromatic rings. The number of ether oxygens (including phenoxy) is 1. The van der Waals surface area contributed by atoms with Gasteiger partial charge >= 0.3 is 5.69 Å². The van der Waals surface area contributed by atoms with Gasteiger partial charge in [0.15, 0.2) is 0 Å². The zero-order valence-corrected chi connectivity index (χ0v) is 19.4. The van der Waals surface area contributed by atoms with E-state index in [-0.39, 0.29) is 22.6 Å². The fraction of sp³-hybridized carbons (Fsp3) is 0.391. The molecule has 0 radical (unpaired) electrons. The summed E-state index contributed by atoms with van der Waals surface area (Å²) in [5.74, 6) is -0.208. The number of carbonyl (C=O) groups is 1. The number of piperazine rings is 1. The van der Waals surface area contributed by atoms with Crippen molar-refractivity contribution in [2.75, 3.05) is 44.1 Å². The maximum Gasteiger partial charge on any atom is 0.323 e. The van der Waals surface area contributed by atoms with Gasteiger partial charge in [0.1, 0.15) is 0 Å². The Morgan fingerprint density at radius 3 is 2.59 bits per heavy atom. The Hall–Kier alpha value is -3.15. The number of aromatic amines is 2. The average Bonchev–Trinajstić information content (AvgIpc) is 3.47. The Bertz CT molecular complexity index is 1350. The number of imidazole rings is 1. The van der Waals surface area contributed by atoms with Crippen LogP contribution in [0.3, 0.4) is 0 Å². The lowest BCUT2D eigenvalue weighted by atomic mass is 10.1. The van der Waals surface area contributed by atoms with Gasteiger partial charge in [-0.1, -0.05) is 12.1 Å².